The van der Waals surface area contributed by atoms with Gasteiger partial charge in [-0.1, -0.05) is 0 Å². The van der Waals surface area contributed by atoms with Gasteiger partial charge in [0.1, 0.15) is 0 Å². The number of urea groups is 1. The monoisotopic (exact) mass is 522 g/mol. The van der Waals surface area contributed by atoms with Crippen molar-refractivity contribution >= 4 is 34.5 Å². The average Bonchev–Trinajstić information content (AvgIpc) is 2.71. The molecule has 0 atom stereocenters. The normalized spacial score (nSPS) is 19.3. The second-order valence-electron chi connectivity index (χ2n) is 10.3. The van der Waals surface area contributed by atoms with Crippen molar-refractivity contribution in [1.29, 1.82) is 0 Å². The number of carbonyl (C=O) groups excluding carboxylic acids is 1. The summed E-state index contributed by atoms with van der Waals surface area (Å²) in [6, 6.07) is 32.5. The van der Waals surface area contributed by atoms with Gasteiger partial charge in [-0.05, 0) is 0 Å². The molecule has 2 amide bonds. The third kappa shape index (κ3) is 2.75. The summed E-state index contributed by atoms with van der Waals surface area (Å²) in [7, 11) is 0. The van der Waals surface area contributed by atoms with Crippen molar-refractivity contribution in [3.05, 3.63) is 91.0 Å². The molecule has 3 aromatic carbocycles. The number of amides is 2. The fourth-order valence-corrected chi connectivity index (χ4v) is 27.5. The molecule has 1 aliphatic rings. The van der Waals surface area contributed by atoms with Crippen LogP contribution < -0.4 is 10.5 Å². The molecule has 1 heterocycles. The maximum atomic E-state index is 14.1. The predicted molar refractivity (Wildman–Crippen MR) is 133 cm³/mol. The third-order valence-electron chi connectivity index (χ3n) is 6.15. The molecule has 4 heteroatoms. The van der Waals surface area contributed by atoms with Crippen LogP contribution in [0.3, 0.4) is 0 Å². The topological polar surface area (TPSA) is 23.6 Å². The number of carbonyl (C=O) groups is 1. The van der Waals surface area contributed by atoms with Gasteiger partial charge in [-0.2, -0.15) is 0 Å². The summed E-state index contributed by atoms with van der Waals surface area (Å²) in [6.45, 7) is 13.0. The van der Waals surface area contributed by atoms with Gasteiger partial charge in [0.25, 0.3) is 0 Å². The predicted octanol–water partition coefficient (Wildman–Crippen LogP) is 4.44. The Labute approximate surface area is 188 Å². The van der Waals surface area contributed by atoms with Crippen LogP contribution in [0.4, 0.5) is 4.79 Å². The molecule has 4 rings (SSSR count). The van der Waals surface area contributed by atoms with Crippen LogP contribution in [-0.4, -0.2) is 41.2 Å². The Balaban J connectivity index is 2.32. The molecule has 1 saturated heterocycles. The number of hydrogen-bond donors (Lipinski definition) is 0. The molecular weight excluding hydrogens is 490 g/mol. The van der Waals surface area contributed by atoms with E-state index in [1.165, 1.54) is 10.5 Å². The molecule has 1 aliphatic heterocycles. The van der Waals surface area contributed by atoms with Crippen molar-refractivity contribution in [3.8, 4) is 0 Å². The van der Waals surface area contributed by atoms with Gasteiger partial charge in [-0.15, -0.1) is 0 Å². The summed E-state index contributed by atoms with van der Waals surface area (Å²) in [4.78, 5) is 14.1. The van der Waals surface area contributed by atoms with E-state index in [2.05, 4.69) is 139 Å². The van der Waals surface area contributed by atoms with Crippen LogP contribution in [0.1, 0.15) is 41.5 Å². The third-order valence-corrected chi connectivity index (χ3v) is 25.9. The standard InChI is InChI=1S/C9H19N2O.3C6H5.Sb/c1-8(2,3)10-7(12)11-9(4,5)6;3*1-2-4-6-5-3-1;/h1-6H3,(H-,10,11,12);3*1-5H;/q-1;;;;+2/p-1. The van der Waals surface area contributed by atoms with Gasteiger partial charge in [-0.3, -0.25) is 0 Å². The van der Waals surface area contributed by atoms with Crippen LogP contribution >= 0.6 is 0 Å². The van der Waals surface area contributed by atoms with Gasteiger partial charge >= 0.3 is 189 Å². The first-order valence-electron chi connectivity index (χ1n) is 10.9. The zero-order chi connectivity index (χ0) is 22.5. The first-order valence-corrected chi connectivity index (χ1v) is 17.0. The molecule has 0 spiro atoms. The van der Waals surface area contributed by atoms with E-state index in [-0.39, 0.29) is 17.1 Å². The number of hydrogen-bond acceptors (Lipinski definition) is 1. The molecule has 3 aromatic rings. The number of benzene rings is 3. The summed E-state index contributed by atoms with van der Waals surface area (Å²) in [5, 5.41) is 0. The van der Waals surface area contributed by atoms with Crippen LogP contribution in [0.2, 0.25) is 0 Å². The van der Waals surface area contributed by atoms with E-state index in [0.717, 1.165) is 0 Å². The minimum atomic E-state index is -4.72. The quantitative estimate of drug-likeness (QED) is 0.466. The molecule has 0 aromatic heterocycles. The number of nitrogens with zero attached hydrogens (tertiary/aromatic N) is 2. The Morgan fingerprint density at radius 1 is 0.516 bits per heavy atom. The molecule has 0 unspecified atom stereocenters. The van der Waals surface area contributed by atoms with E-state index in [4.69, 9.17) is 0 Å². The summed E-state index contributed by atoms with van der Waals surface area (Å²) < 4.78 is 8.35. The molecule has 0 saturated carbocycles. The van der Waals surface area contributed by atoms with Crippen molar-refractivity contribution in [3.63, 3.8) is 0 Å². The maximum absolute atomic E-state index is 14.1. The SMILES string of the molecule is CC(C)(C)[N]1C(=O)[N](C(C)(C)C)[Sb]1([c]1ccccc1)([c]1ccccc1)[c]1ccccc1. The van der Waals surface area contributed by atoms with Gasteiger partial charge in [0.05, 0.1) is 0 Å². The van der Waals surface area contributed by atoms with E-state index in [9.17, 15) is 4.79 Å². The van der Waals surface area contributed by atoms with E-state index in [1.54, 1.807) is 0 Å². The first-order chi connectivity index (χ1) is 14.6. The van der Waals surface area contributed by atoms with Crippen molar-refractivity contribution < 1.29 is 4.79 Å². The van der Waals surface area contributed by atoms with E-state index >= 15 is 0 Å². The first kappa shape index (κ1) is 22.0. The summed E-state index contributed by atoms with van der Waals surface area (Å²) in [6.07, 6.45) is 0. The minimum absolute atomic E-state index is 0.123. The van der Waals surface area contributed by atoms with Crippen LogP contribution in [0.15, 0.2) is 91.0 Å². The van der Waals surface area contributed by atoms with E-state index in [0.29, 0.717) is 0 Å². The Bertz CT molecular complexity index is 955. The molecular formula is C27H33N2OSb. The molecule has 3 nitrogen and oxygen atoms in total. The van der Waals surface area contributed by atoms with Gasteiger partial charge in [0.2, 0.25) is 0 Å². The zero-order valence-corrected chi connectivity index (χ0v) is 22.0. The molecule has 0 aliphatic carbocycles. The van der Waals surface area contributed by atoms with Crippen molar-refractivity contribution in [1.82, 2.24) is 6.12 Å². The zero-order valence-electron chi connectivity index (χ0n) is 19.4. The van der Waals surface area contributed by atoms with Crippen LogP contribution in [0.25, 0.3) is 0 Å². The van der Waals surface area contributed by atoms with Gasteiger partial charge in [0.15, 0.2) is 0 Å². The fraction of sp³-hybridized carbons (Fsp3) is 0.296. The van der Waals surface area contributed by atoms with Crippen molar-refractivity contribution in [2.45, 2.75) is 52.6 Å². The average molecular weight is 523 g/mol. The molecule has 1 fully saturated rings. The Morgan fingerprint density at radius 3 is 1.00 bits per heavy atom. The van der Waals surface area contributed by atoms with Gasteiger partial charge in [-0.25, -0.2) is 0 Å². The fourth-order valence-electron chi connectivity index (χ4n) is 5.49. The Kier molecular flexibility index (Phi) is 5.05. The van der Waals surface area contributed by atoms with Crippen LogP contribution in [-0.2, 0) is 0 Å². The summed E-state index contributed by atoms with van der Waals surface area (Å²) >= 11 is -4.72. The second kappa shape index (κ2) is 7.14. The molecule has 0 bridgehead atoms. The van der Waals surface area contributed by atoms with Gasteiger partial charge < -0.3 is 0 Å². The van der Waals surface area contributed by atoms with Crippen LogP contribution in [0, 0.1) is 0 Å². The van der Waals surface area contributed by atoms with E-state index < -0.39 is 18.0 Å². The molecule has 31 heavy (non-hydrogen) atoms. The second-order valence-corrected chi connectivity index (χ2v) is 22.8. The van der Waals surface area contributed by atoms with Crippen molar-refractivity contribution in [2.75, 3.05) is 0 Å². The van der Waals surface area contributed by atoms with Crippen LogP contribution in [0.5, 0.6) is 0 Å². The van der Waals surface area contributed by atoms with Crippen molar-refractivity contribution in [2.24, 2.45) is 0 Å². The molecule has 0 radical (unpaired) electrons. The Morgan fingerprint density at radius 2 is 0.774 bits per heavy atom. The van der Waals surface area contributed by atoms with E-state index in [1.807, 2.05) is 0 Å². The number of rotatable bonds is 3. The molecule has 162 valence electrons. The Hall–Kier alpha value is -2.25. The summed E-state index contributed by atoms with van der Waals surface area (Å²) in [5.41, 5.74) is -0.690. The summed E-state index contributed by atoms with van der Waals surface area (Å²) in [5.74, 6) is 0. The molecule has 0 N–H and O–H groups in total. The van der Waals surface area contributed by atoms with Gasteiger partial charge in [0, 0.05) is 0 Å².